The zero-order valence-electron chi connectivity index (χ0n) is 16.0. The molecule has 0 unspecified atom stereocenters. The number of sulfonamides is 1. The van der Waals surface area contributed by atoms with Crippen LogP contribution in [0.25, 0.3) is 5.82 Å². The lowest BCUT2D eigenvalue weighted by Crippen LogP contribution is -2.13. The van der Waals surface area contributed by atoms with E-state index in [1.807, 2.05) is 0 Å². The monoisotopic (exact) mass is 459 g/mol. The van der Waals surface area contributed by atoms with Crippen LogP contribution in [0.2, 0.25) is 5.02 Å². The maximum atomic E-state index is 13.3. The molecule has 0 fully saturated rings. The minimum absolute atomic E-state index is 0.151. The van der Waals surface area contributed by atoms with Crippen molar-refractivity contribution in [3.05, 3.63) is 83.7 Å². The van der Waals surface area contributed by atoms with Crippen LogP contribution in [0.4, 0.5) is 10.1 Å². The van der Waals surface area contributed by atoms with Crippen molar-refractivity contribution in [1.29, 1.82) is 0 Å². The Morgan fingerprint density at radius 1 is 1.10 bits per heavy atom. The fourth-order valence-corrected chi connectivity index (χ4v) is 4.00. The van der Waals surface area contributed by atoms with Gasteiger partial charge in [0.05, 0.1) is 9.92 Å². The van der Waals surface area contributed by atoms with Gasteiger partial charge in [0.15, 0.2) is 5.82 Å². The Kier molecular flexibility index (Phi) is 5.57. The minimum Gasteiger partial charge on any atom is -0.439 e. The van der Waals surface area contributed by atoms with Gasteiger partial charge in [0.25, 0.3) is 10.0 Å². The minimum atomic E-state index is -3.93. The quantitative estimate of drug-likeness (QED) is 0.460. The molecule has 0 aliphatic rings. The van der Waals surface area contributed by atoms with Gasteiger partial charge in [-0.3, -0.25) is 4.72 Å². The van der Waals surface area contributed by atoms with Crippen molar-refractivity contribution in [2.45, 2.75) is 11.8 Å². The topological polar surface area (TPSA) is 99.0 Å². The van der Waals surface area contributed by atoms with Gasteiger partial charge in [-0.15, -0.1) is 0 Å². The van der Waals surface area contributed by atoms with Crippen LogP contribution >= 0.6 is 11.6 Å². The molecule has 0 amide bonds. The predicted octanol–water partition coefficient (Wildman–Crippen LogP) is 4.36. The van der Waals surface area contributed by atoms with E-state index < -0.39 is 15.8 Å². The molecule has 1 N–H and O–H groups in total. The number of hydrogen-bond acceptors (Lipinski definition) is 6. The molecule has 11 heteroatoms. The number of hydrogen-bond donors (Lipinski definition) is 1. The first-order valence-corrected chi connectivity index (χ1v) is 10.8. The molecule has 2 aromatic carbocycles. The molecule has 0 atom stereocenters. The lowest BCUT2D eigenvalue weighted by molar-refractivity contribution is 0.459. The predicted molar refractivity (Wildman–Crippen MR) is 113 cm³/mol. The third-order valence-corrected chi connectivity index (χ3v) is 5.74. The van der Waals surface area contributed by atoms with E-state index in [-0.39, 0.29) is 9.92 Å². The Bertz CT molecular complexity index is 1330. The van der Waals surface area contributed by atoms with Crippen LogP contribution in [0.5, 0.6) is 11.6 Å². The highest BCUT2D eigenvalue weighted by Gasteiger charge is 2.16. The second kappa shape index (κ2) is 8.32. The molecule has 8 nitrogen and oxygen atoms in total. The second-order valence-electron chi connectivity index (χ2n) is 6.37. The Morgan fingerprint density at radius 3 is 2.55 bits per heavy atom. The van der Waals surface area contributed by atoms with E-state index in [9.17, 15) is 12.8 Å². The Labute approximate surface area is 182 Å². The molecular formula is C20H15ClFN5O3S. The van der Waals surface area contributed by atoms with Gasteiger partial charge in [-0.2, -0.15) is 10.1 Å². The number of aryl methyl sites for hydroxylation is 1. The van der Waals surface area contributed by atoms with Crippen LogP contribution in [0.3, 0.4) is 0 Å². The Balaban J connectivity index is 1.50. The molecule has 0 aliphatic carbocycles. The van der Waals surface area contributed by atoms with Gasteiger partial charge in [0, 0.05) is 24.1 Å². The summed E-state index contributed by atoms with van der Waals surface area (Å²) in [5.74, 6) is 1.11. The maximum absolute atomic E-state index is 13.3. The van der Waals surface area contributed by atoms with E-state index in [1.54, 1.807) is 48.3 Å². The molecule has 31 heavy (non-hydrogen) atoms. The molecule has 0 spiro atoms. The molecule has 4 rings (SSSR count). The normalized spacial score (nSPS) is 11.3. The van der Waals surface area contributed by atoms with Gasteiger partial charge in [-0.1, -0.05) is 11.6 Å². The van der Waals surface area contributed by atoms with Gasteiger partial charge in [-0.25, -0.2) is 22.5 Å². The van der Waals surface area contributed by atoms with Gasteiger partial charge in [0.2, 0.25) is 5.88 Å². The lowest BCUT2D eigenvalue weighted by Gasteiger charge is -2.10. The zero-order valence-corrected chi connectivity index (χ0v) is 17.6. The molecule has 0 aliphatic heterocycles. The molecule has 0 saturated heterocycles. The Hall–Kier alpha value is -3.50. The molecule has 4 aromatic rings. The highest BCUT2D eigenvalue weighted by atomic mass is 35.5. The molecule has 2 aromatic heterocycles. The fourth-order valence-electron chi connectivity index (χ4n) is 2.67. The first-order chi connectivity index (χ1) is 14.8. The third kappa shape index (κ3) is 4.81. The summed E-state index contributed by atoms with van der Waals surface area (Å²) in [5, 5.41) is 3.86. The largest absolute Gasteiger partial charge is 0.439 e. The number of halogens is 2. The highest BCUT2D eigenvalue weighted by molar-refractivity contribution is 7.92. The van der Waals surface area contributed by atoms with Gasteiger partial charge in [0.1, 0.15) is 17.4 Å². The summed E-state index contributed by atoms with van der Waals surface area (Å²) in [7, 11) is -3.93. The van der Waals surface area contributed by atoms with Crippen LogP contribution in [-0.4, -0.2) is 28.2 Å². The van der Waals surface area contributed by atoms with E-state index >= 15 is 0 Å². The molecular weight excluding hydrogens is 445 g/mol. The van der Waals surface area contributed by atoms with Gasteiger partial charge >= 0.3 is 0 Å². The zero-order chi connectivity index (χ0) is 22.0. The molecule has 0 saturated carbocycles. The van der Waals surface area contributed by atoms with Crippen LogP contribution in [0, 0.1) is 12.7 Å². The SMILES string of the molecule is Cc1nc(Oc2ccc(NS(=O)(=O)c3ccc(F)c(Cl)c3)cc2)cc(-n2cccn2)n1. The van der Waals surface area contributed by atoms with Gasteiger partial charge < -0.3 is 4.74 Å². The van der Waals surface area contributed by atoms with Crippen LogP contribution in [-0.2, 0) is 10.0 Å². The third-order valence-electron chi connectivity index (χ3n) is 4.07. The smallest absolute Gasteiger partial charge is 0.261 e. The summed E-state index contributed by atoms with van der Waals surface area (Å²) in [5.41, 5.74) is 0.295. The number of aromatic nitrogens is 4. The average molecular weight is 460 g/mol. The number of nitrogens with zero attached hydrogens (tertiary/aromatic N) is 4. The van der Waals surface area contributed by atoms with Gasteiger partial charge in [-0.05, 0) is 55.5 Å². The maximum Gasteiger partial charge on any atom is 0.261 e. The van der Waals surface area contributed by atoms with Crippen molar-refractivity contribution in [3.8, 4) is 17.4 Å². The van der Waals surface area contributed by atoms with E-state index in [0.717, 1.165) is 18.2 Å². The number of anilines is 1. The summed E-state index contributed by atoms with van der Waals surface area (Å²) in [6.45, 7) is 1.74. The highest BCUT2D eigenvalue weighted by Crippen LogP contribution is 2.25. The molecule has 158 valence electrons. The number of nitrogens with one attached hydrogen (secondary N) is 1. The van der Waals surface area contributed by atoms with Crippen LogP contribution < -0.4 is 9.46 Å². The average Bonchev–Trinajstić information content (AvgIpc) is 3.26. The van der Waals surface area contributed by atoms with Crippen molar-refractivity contribution < 1.29 is 17.5 Å². The first-order valence-electron chi connectivity index (χ1n) is 8.92. The van der Waals surface area contributed by atoms with E-state index in [4.69, 9.17) is 16.3 Å². The van der Waals surface area contributed by atoms with Crippen molar-refractivity contribution in [2.75, 3.05) is 4.72 Å². The van der Waals surface area contributed by atoms with Crippen molar-refractivity contribution >= 4 is 27.3 Å². The van der Waals surface area contributed by atoms with E-state index in [0.29, 0.717) is 29.0 Å². The summed E-state index contributed by atoms with van der Waals surface area (Å²) in [6, 6.07) is 12.8. The second-order valence-corrected chi connectivity index (χ2v) is 8.46. The summed E-state index contributed by atoms with van der Waals surface area (Å²) >= 11 is 5.68. The number of benzene rings is 2. The molecule has 2 heterocycles. The molecule has 0 radical (unpaired) electrons. The van der Waals surface area contributed by atoms with Crippen LogP contribution in [0.15, 0.2) is 71.9 Å². The summed E-state index contributed by atoms with van der Waals surface area (Å²) < 4.78 is 48.0. The van der Waals surface area contributed by atoms with Crippen molar-refractivity contribution in [2.24, 2.45) is 0 Å². The lowest BCUT2D eigenvalue weighted by atomic mass is 10.3. The Morgan fingerprint density at radius 2 is 1.87 bits per heavy atom. The number of rotatable bonds is 6. The van der Waals surface area contributed by atoms with Crippen molar-refractivity contribution in [1.82, 2.24) is 19.7 Å². The first kappa shape index (κ1) is 20.8. The van der Waals surface area contributed by atoms with Crippen LogP contribution in [0.1, 0.15) is 5.82 Å². The molecule has 0 bridgehead atoms. The van der Waals surface area contributed by atoms with Crippen molar-refractivity contribution in [3.63, 3.8) is 0 Å². The van der Waals surface area contributed by atoms with E-state index in [1.165, 1.54) is 12.1 Å². The standard InChI is InChI=1S/C20H15ClFN5O3S/c1-13-24-19(27-10-2-9-23-27)12-20(25-13)30-15-5-3-14(4-6-15)26-31(28,29)16-7-8-18(22)17(21)11-16/h2-12,26H,1H3. The number of ether oxygens (including phenoxy) is 1. The summed E-state index contributed by atoms with van der Waals surface area (Å²) in [4.78, 5) is 8.41. The summed E-state index contributed by atoms with van der Waals surface area (Å²) in [6.07, 6.45) is 3.39. The van der Waals surface area contributed by atoms with E-state index in [2.05, 4.69) is 19.8 Å². The fraction of sp³-hybridized carbons (Fsp3) is 0.0500.